The number of unbranched alkanes of at least 4 members (excludes halogenated alkanes) is 3. The van der Waals surface area contributed by atoms with Gasteiger partial charge in [-0.3, -0.25) is 34.1 Å². The summed E-state index contributed by atoms with van der Waals surface area (Å²) in [6, 6.07) is 26.5. The van der Waals surface area contributed by atoms with Gasteiger partial charge in [0.25, 0.3) is 11.6 Å². The molecule has 2 unspecified atom stereocenters. The summed E-state index contributed by atoms with van der Waals surface area (Å²) in [6.45, 7) is 14.8. The van der Waals surface area contributed by atoms with Crippen molar-refractivity contribution in [3.8, 4) is 33.9 Å². The molecule has 0 spiro atoms. The van der Waals surface area contributed by atoms with E-state index < -0.39 is 50.8 Å². The van der Waals surface area contributed by atoms with Gasteiger partial charge in [-0.05, 0) is 119 Å². The van der Waals surface area contributed by atoms with Crippen LogP contribution in [0.2, 0.25) is 0 Å². The molecule has 4 aromatic rings. The first-order valence-corrected chi connectivity index (χ1v) is 35.6. The summed E-state index contributed by atoms with van der Waals surface area (Å²) in [4.78, 5) is 101. The third kappa shape index (κ3) is 21.0. The van der Waals surface area contributed by atoms with E-state index in [-0.39, 0.29) is 92.4 Å². The van der Waals surface area contributed by atoms with E-state index in [9.17, 15) is 51.9 Å². The number of fused-ring (bicyclic) bond motifs is 2. The molecule has 2 atom stereocenters. The summed E-state index contributed by atoms with van der Waals surface area (Å²) in [5, 5.41) is 25.1. The number of anilines is 1. The molecule has 4 N–H and O–H groups in total. The molecule has 1 aromatic heterocycles. The molecule has 28 heteroatoms. The highest BCUT2D eigenvalue weighted by Gasteiger charge is 2.30. The summed E-state index contributed by atoms with van der Waals surface area (Å²) in [5.74, 6) is -1.90. The molecule has 1 saturated heterocycles. The largest absolute Gasteiger partial charge is 0.748 e. The molecule has 94 heavy (non-hydrogen) atoms. The van der Waals surface area contributed by atoms with Crippen molar-refractivity contribution in [1.29, 1.82) is 0 Å². The maximum absolute atomic E-state index is 14.6. The van der Waals surface area contributed by atoms with Gasteiger partial charge in [0.1, 0.15) is 48.2 Å². The maximum atomic E-state index is 14.6. The number of carbonyl (C=O) groups excluding carboxylic acids is 6. The van der Waals surface area contributed by atoms with Crippen molar-refractivity contribution < 1.29 is 65.3 Å². The lowest BCUT2D eigenvalue weighted by atomic mass is 9.90. The first-order valence-electron chi connectivity index (χ1n) is 31.7. The maximum Gasteiger partial charge on any atom is 0.407 e. The van der Waals surface area contributed by atoms with Crippen LogP contribution < -0.4 is 45.6 Å². The number of carbonyl (C=O) groups is 6. The second kappa shape index (κ2) is 36.3. The first-order chi connectivity index (χ1) is 45.2. The van der Waals surface area contributed by atoms with Gasteiger partial charge < -0.3 is 59.1 Å². The van der Waals surface area contributed by atoms with Gasteiger partial charge in [-0.1, -0.05) is 41.5 Å². The Balaban J connectivity index is 0.802. The van der Waals surface area contributed by atoms with Gasteiger partial charge in [-0.25, -0.2) is 22.8 Å². The number of nitrogens with zero attached hydrogens (tertiary/aromatic N) is 6. The van der Waals surface area contributed by atoms with Gasteiger partial charge >= 0.3 is 6.09 Å². The first kappa shape index (κ1) is 72.9. The number of hydrogen-bond donors (Lipinski definition) is 4. The number of nitro benzene ring substituents is 1. The van der Waals surface area contributed by atoms with Crippen LogP contribution in [-0.2, 0) is 34.0 Å². The van der Waals surface area contributed by atoms with Gasteiger partial charge in [-0.15, -0.1) is 0 Å². The zero-order valence-electron chi connectivity index (χ0n) is 54.0. The molecule has 2 aliphatic heterocycles. The van der Waals surface area contributed by atoms with E-state index in [0.717, 1.165) is 70.4 Å². The number of ether oxygens (including phenoxy) is 3. The number of hydrogen-bond acceptors (Lipinski definition) is 19. The number of amides is 6. The molecule has 3 aliphatic rings. The minimum atomic E-state index is -4.94. The van der Waals surface area contributed by atoms with Crippen LogP contribution in [0.25, 0.3) is 33.4 Å². The van der Waals surface area contributed by atoms with Crippen LogP contribution >= 0.6 is 21.6 Å². The Labute approximate surface area is 555 Å². The Kier molecular flexibility index (Phi) is 28.1. The third-order valence-electron chi connectivity index (χ3n) is 15.9. The van der Waals surface area contributed by atoms with E-state index in [1.54, 1.807) is 16.0 Å². The molecule has 0 bridgehead atoms. The van der Waals surface area contributed by atoms with Crippen molar-refractivity contribution in [1.82, 2.24) is 40.6 Å². The van der Waals surface area contributed by atoms with Gasteiger partial charge in [0.15, 0.2) is 11.5 Å². The highest BCUT2D eigenvalue weighted by atomic mass is 33.1. The molecular weight excluding hydrogens is 1270 g/mol. The Morgan fingerprint density at radius 3 is 2.18 bits per heavy atom. The predicted molar refractivity (Wildman–Crippen MR) is 361 cm³/mol. The smallest absolute Gasteiger partial charge is 0.407 e. The van der Waals surface area contributed by atoms with Crippen LogP contribution in [0.3, 0.4) is 0 Å². The quantitative estimate of drug-likeness (QED) is 0.00554. The lowest BCUT2D eigenvalue weighted by Gasteiger charge is -2.35. The van der Waals surface area contributed by atoms with Crippen LogP contribution in [0.1, 0.15) is 108 Å². The predicted octanol–water partition coefficient (Wildman–Crippen LogP) is 8.15. The molecule has 1 fully saturated rings. The van der Waals surface area contributed by atoms with Crippen molar-refractivity contribution in [3.63, 3.8) is 0 Å². The Bertz CT molecular complexity index is 3750. The zero-order valence-corrected chi connectivity index (χ0v) is 56.4. The van der Waals surface area contributed by atoms with Gasteiger partial charge in [-0.2, -0.15) is 0 Å². The topological polar surface area (TPSA) is 317 Å². The number of pyridine rings is 1. The van der Waals surface area contributed by atoms with Crippen LogP contribution in [-0.4, -0.2) is 172 Å². The Morgan fingerprint density at radius 2 is 1.48 bits per heavy atom. The molecule has 0 radical (unpaired) electrons. The van der Waals surface area contributed by atoms with Gasteiger partial charge in [0.2, 0.25) is 29.0 Å². The molecule has 3 aromatic carbocycles. The number of aromatic nitrogens is 1. The molecule has 6 amide bonds. The summed E-state index contributed by atoms with van der Waals surface area (Å²) in [6.07, 6.45) is 1.79. The third-order valence-corrected chi connectivity index (χ3v) is 18.9. The molecule has 506 valence electrons. The van der Waals surface area contributed by atoms with Crippen LogP contribution in [0.15, 0.2) is 107 Å². The Hall–Kier alpha value is -8.47. The number of alkyl carbamates (subject to hydrolysis) is 1. The minimum absolute atomic E-state index is 0.0310. The van der Waals surface area contributed by atoms with Gasteiger partial charge in [0.05, 0.1) is 52.1 Å². The molecule has 3 heterocycles. The lowest BCUT2D eigenvalue weighted by Crippen LogP contribution is -2.50. The van der Waals surface area contributed by atoms with Crippen molar-refractivity contribution in [2.45, 2.75) is 103 Å². The van der Waals surface area contributed by atoms with E-state index >= 15 is 0 Å². The number of nitrogens with one attached hydrogen (secondary N) is 4. The fourth-order valence-corrected chi connectivity index (χ4v) is 13.4. The van der Waals surface area contributed by atoms with E-state index in [2.05, 4.69) is 99.8 Å². The second-order valence-electron chi connectivity index (χ2n) is 22.1. The van der Waals surface area contributed by atoms with E-state index in [0.29, 0.717) is 74.5 Å². The highest BCUT2D eigenvalue weighted by molar-refractivity contribution is 8.76. The van der Waals surface area contributed by atoms with E-state index in [1.807, 2.05) is 42.5 Å². The zero-order chi connectivity index (χ0) is 67.7. The number of piperazine rings is 1. The molecule has 25 nitrogen and oxygen atoms in total. The normalized spacial score (nSPS) is 13.0. The van der Waals surface area contributed by atoms with Crippen molar-refractivity contribution in [2.75, 3.05) is 102 Å². The number of benzene rings is 4. The average Bonchev–Trinajstić information content (AvgIpc) is 0.747. The summed E-state index contributed by atoms with van der Waals surface area (Å²) in [5.41, 5.74) is 4.53. The van der Waals surface area contributed by atoms with Crippen LogP contribution in [0.5, 0.6) is 11.5 Å². The number of nitro groups is 1. The SMILES string of the molecule is CCN(CC)c1ccc2c(-c3ccccc3C(=O)N3CCN(C(=O)CCCCC(=O)NC(CS(=O)(=O)[O-])C(=O)NCCCCCC(=O)NCCOc4cc([N+](=O)[O-])c(C(C)OC(=O)NCCSSc5ccccn5)cc4OC)CC3)c3ccc(=[N+](CC)CC)cc-3oc2c1. The van der Waals surface area contributed by atoms with Crippen molar-refractivity contribution >= 4 is 89.7 Å². The van der Waals surface area contributed by atoms with E-state index in [1.165, 1.54) is 41.7 Å². The summed E-state index contributed by atoms with van der Waals surface area (Å²) >= 11 is 0. The second-order valence-corrected chi connectivity index (χ2v) is 26.0. The summed E-state index contributed by atoms with van der Waals surface area (Å²) in [7, 11) is -0.650. The number of rotatable bonds is 35. The average molecular weight is 1350 g/mol. The van der Waals surface area contributed by atoms with Gasteiger partial charge in [0, 0.05) is 123 Å². The van der Waals surface area contributed by atoms with Crippen molar-refractivity contribution in [3.05, 3.63) is 124 Å². The highest BCUT2D eigenvalue weighted by Crippen LogP contribution is 2.43. The molecule has 0 saturated carbocycles. The summed E-state index contributed by atoms with van der Waals surface area (Å²) < 4.78 is 60.9. The van der Waals surface area contributed by atoms with Crippen LogP contribution in [0.4, 0.5) is 16.2 Å². The minimum Gasteiger partial charge on any atom is -0.748 e. The fourth-order valence-electron chi connectivity index (χ4n) is 11.0. The van der Waals surface area contributed by atoms with Crippen molar-refractivity contribution in [2.24, 2.45) is 0 Å². The standard InChI is InChI=1S/C66H84N10O15S3/c1-7-72(8-2)46-26-28-50-55(40-46)91-56-41-47(73(9-3)10-4)27-29-51(56)63(50)48-20-13-14-21-49(48)65(81)75-36-34-74(35-37-75)62(79)25-16-15-23-60(78)71-53(44-94(85,86)87)64(80)69-31-18-11-12-22-59(77)67-32-38-89-58-43-54(76(83)84)52(42-57(58)88-6)45(5)90-66(82)70-33-39-92-93-61-24-17-19-30-68-61/h13-14,17,19-21,24,26-30,40-43,45,53H,7-12,15-16,18,22-23,25,31-39,44H2,1-6H3,(H4-,67,69,70,71,77,78,80,82,85,86,87). The van der Waals surface area contributed by atoms with Crippen LogP contribution in [0, 0.1) is 10.1 Å². The Morgan fingerprint density at radius 1 is 0.766 bits per heavy atom. The van der Waals surface area contributed by atoms with E-state index in [4.69, 9.17) is 18.6 Å². The molecular formula is C66H84N10O15S3. The molecule has 1 aliphatic carbocycles. The number of methoxy groups -OCH3 is 1. The lowest BCUT2D eigenvalue weighted by molar-refractivity contribution is -0.386. The molecule has 7 rings (SSSR count). The fraction of sp³-hybridized carbons (Fsp3) is 0.455. The monoisotopic (exact) mass is 1350 g/mol.